The van der Waals surface area contributed by atoms with E-state index < -0.39 is 0 Å². The molecule has 0 fully saturated rings. The topological polar surface area (TPSA) is 0 Å². The molecule has 0 saturated carbocycles. The van der Waals surface area contributed by atoms with Crippen molar-refractivity contribution < 1.29 is 0 Å². The van der Waals surface area contributed by atoms with Crippen molar-refractivity contribution in [2.45, 2.75) is 19.3 Å². The standard InChI is InChI=1S/C43H30S/c1-43(2)36-26-35(31-22-21-27-13-9-10-18-30(27)25-31)38(28-14-5-3-6-15-28)39(29-16-7-4-8-17-29)40(36)34-24-23-33-32-19-11-12-20-37(32)44-42(33)41(34)43/h3-26H,1-2H3. The third-order valence-electron chi connectivity index (χ3n) is 9.63. The fourth-order valence-corrected chi connectivity index (χ4v) is 9.00. The quantitative estimate of drug-likeness (QED) is 0.196. The van der Waals surface area contributed by atoms with E-state index in [2.05, 4.69) is 159 Å². The average Bonchev–Trinajstić information content (AvgIpc) is 3.56. The molecule has 0 atom stereocenters. The number of hydrogen-bond donors (Lipinski definition) is 0. The van der Waals surface area contributed by atoms with Crippen molar-refractivity contribution >= 4 is 42.3 Å². The Labute approximate surface area is 261 Å². The van der Waals surface area contributed by atoms with Gasteiger partial charge in [0.1, 0.15) is 0 Å². The van der Waals surface area contributed by atoms with Crippen LogP contribution in [0, 0.1) is 0 Å². The van der Waals surface area contributed by atoms with Gasteiger partial charge in [-0.3, -0.25) is 0 Å². The predicted molar refractivity (Wildman–Crippen MR) is 191 cm³/mol. The van der Waals surface area contributed by atoms with E-state index in [0.29, 0.717) is 0 Å². The summed E-state index contributed by atoms with van der Waals surface area (Å²) in [6.45, 7) is 4.87. The van der Waals surface area contributed by atoms with Crippen molar-refractivity contribution in [2.75, 3.05) is 0 Å². The molecule has 0 bridgehead atoms. The second-order valence-electron chi connectivity index (χ2n) is 12.5. The van der Waals surface area contributed by atoms with Gasteiger partial charge in [0, 0.05) is 25.6 Å². The smallest absolute Gasteiger partial charge is 0.0402 e. The molecule has 0 radical (unpaired) electrons. The minimum atomic E-state index is -0.171. The van der Waals surface area contributed by atoms with Crippen molar-refractivity contribution in [3.05, 3.63) is 157 Å². The Kier molecular flexibility index (Phi) is 5.51. The summed E-state index contributed by atoms with van der Waals surface area (Å²) in [7, 11) is 0. The van der Waals surface area contributed by atoms with Gasteiger partial charge in [0.2, 0.25) is 0 Å². The summed E-state index contributed by atoms with van der Waals surface area (Å²) < 4.78 is 2.77. The van der Waals surface area contributed by atoms with E-state index in [0.717, 1.165) is 0 Å². The molecule has 0 amide bonds. The molecule has 1 heteroatoms. The van der Waals surface area contributed by atoms with Crippen LogP contribution in [0.25, 0.3) is 75.5 Å². The summed E-state index contributed by atoms with van der Waals surface area (Å²) in [4.78, 5) is 0. The van der Waals surface area contributed by atoms with Crippen LogP contribution in [0.4, 0.5) is 0 Å². The van der Waals surface area contributed by atoms with Gasteiger partial charge in [-0.2, -0.15) is 0 Å². The summed E-state index contributed by atoms with van der Waals surface area (Å²) >= 11 is 1.94. The van der Waals surface area contributed by atoms with Crippen LogP contribution in [0.3, 0.4) is 0 Å². The molecule has 0 unspecified atom stereocenters. The van der Waals surface area contributed by atoms with Crippen LogP contribution in [-0.4, -0.2) is 0 Å². The van der Waals surface area contributed by atoms with Crippen LogP contribution in [0.2, 0.25) is 0 Å². The van der Waals surface area contributed by atoms with Gasteiger partial charge in [0.15, 0.2) is 0 Å². The highest BCUT2D eigenvalue weighted by atomic mass is 32.1. The number of rotatable bonds is 3. The lowest BCUT2D eigenvalue weighted by Crippen LogP contribution is -2.15. The largest absolute Gasteiger partial charge is 0.135 e. The van der Waals surface area contributed by atoms with E-state index in [1.165, 1.54) is 86.6 Å². The maximum atomic E-state index is 2.52. The number of fused-ring (bicyclic) bond motifs is 8. The molecule has 9 rings (SSSR count). The molecule has 8 aromatic rings. The highest BCUT2D eigenvalue weighted by molar-refractivity contribution is 7.26. The maximum absolute atomic E-state index is 2.52. The lowest BCUT2D eigenvalue weighted by atomic mass is 9.77. The van der Waals surface area contributed by atoms with Crippen LogP contribution in [0.5, 0.6) is 0 Å². The van der Waals surface area contributed by atoms with Crippen molar-refractivity contribution in [3.8, 4) is 44.5 Å². The van der Waals surface area contributed by atoms with Gasteiger partial charge in [-0.1, -0.05) is 141 Å². The first-order valence-electron chi connectivity index (χ1n) is 15.4. The Morgan fingerprint density at radius 1 is 0.455 bits per heavy atom. The maximum Gasteiger partial charge on any atom is 0.0402 e. The Morgan fingerprint density at radius 3 is 1.89 bits per heavy atom. The molecule has 0 N–H and O–H groups in total. The van der Waals surface area contributed by atoms with Crippen molar-refractivity contribution in [2.24, 2.45) is 0 Å². The van der Waals surface area contributed by atoms with Gasteiger partial charge in [-0.25, -0.2) is 0 Å². The van der Waals surface area contributed by atoms with Crippen LogP contribution >= 0.6 is 11.3 Å². The van der Waals surface area contributed by atoms with Crippen molar-refractivity contribution in [3.63, 3.8) is 0 Å². The highest BCUT2D eigenvalue weighted by Gasteiger charge is 2.41. The van der Waals surface area contributed by atoms with E-state index >= 15 is 0 Å². The molecule has 1 aromatic heterocycles. The SMILES string of the molecule is CC1(C)c2cc(-c3ccc4ccccc4c3)c(-c3ccccc3)c(-c3ccccc3)c2-c2ccc3c(sc4ccccc43)c21. The molecule has 7 aromatic carbocycles. The Hall–Kier alpha value is -4.98. The van der Waals surface area contributed by atoms with Gasteiger partial charge < -0.3 is 0 Å². The average molecular weight is 579 g/mol. The molecular weight excluding hydrogens is 549 g/mol. The number of hydrogen-bond acceptors (Lipinski definition) is 1. The van der Waals surface area contributed by atoms with Gasteiger partial charge in [0.05, 0.1) is 0 Å². The second kappa shape index (κ2) is 9.51. The summed E-state index contributed by atoms with van der Waals surface area (Å²) in [6.07, 6.45) is 0. The van der Waals surface area contributed by atoms with E-state index in [9.17, 15) is 0 Å². The van der Waals surface area contributed by atoms with Gasteiger partial charge in [0.25, 0.3) is 0 Å². The third-order valence-corrected chi connectivity index (χ3v) is 10.8. The van der Waals surface area contributed by atoms with Crippen LogP contribution in [-0.2, 0) is 5.41 Å². The third kappa shape index (κ3) is 3.63. The van der Waals surface area contributed by atoms with Gasteiger partial charge in [-0.15, -0.1) is 11.3 Å². The fourth-order valence-electron chi connectivity index (χ4n) is 7.59. The van der Waals surface area contributed by atoms with Crippen LogP contribution in [0.15, 0.2) is 146 Å². The van der Waals surface area contributed by atoms with Crippen LogP contribution in [0.1, 0.15) is 25.0 Å². The predicted octanol–water partition coefficient (Wildman–Crippen LogP) is 12.5. The molecule has 1 heterocycles. The fraction of sp³-hybridized carbons (Fsp3) is 0.0698. The van der Waals surface area contributed by atoms with E-state index in [4.69, 9.17) is 0 Å². The van der Waals surface area contributed by atoms with E-state index in [1.54, 1.807) is 0 Å². The lowest BCUT2D eigenvalue weighted by molar-refractivity contribution is 0.667. The van der Waals surface area contributed by atoms with Gasteiger partial charge >= 0.3 is 0 Å². The van der Waals surface area contributed by atoms with E-state index in [-0.39, 0.29) is 5.41 Å². The molecule has 0 nitrogen and oxygen atoms in total. The Morgan fingerprint density at radius 2 is 1.11 bits per heavy atom. The van der Waals surface area contributed by atoms with E-state index in [1.807, 2.05) is 11.3 Å². The highest BCUT2D eigenvalue weighted by Crippen LogP contribution is 2.59. The van der Waals surface area contributed by atoms with Crippen molar-refractivity contribution in [1.82, 2.24) is 0 Å². The summed E-state index contributed by atoms with van der Waals surface area (Å²) in [5.74, 6) is 0. The summed E-state index contributed by atoms with van der Waals surface area (Å²) in [6, 6.07) is 53.8. The molecule has 0 saturated heterocycles. The molecular formula is C43H30S. The minimum absolute atomic E-state index is 0.171. The van der Waals surface area contributed by atoms with Gasteiger partial charge in [-0.05, 0) is 84.6 Å². The molecule has 0 aliphatic heterocycles. The minimum Gasteiger partial charge on any atom is -0.135 e. The normalized spacial score (nSPS) is 13.4. The second-order valence-corrected chi connectivity index (χ2v) is 13.5. The Bertz CT molecular complexity index is 2390. The zero-order valence-electron chi connectivity index (χ0n) is 24.8. The van der Waals surface area contributed by atoms with Crippen molar-refractivity contribution in [1.29, 1.82) is 0 Å². The lowest BCUT2D eigenvalue weighted by Gasteiger charge is -2.26. The molecule has 208 valence electrons. The summed E-state index contributed by atoms with van der Waals surface area (Å²) in [5.41, 5.74) is 13.1. The summed E-state index contributed by atoms with van der Waals surface area (Å²) in [5, 5.41) is 5.25. The first-order chi connectivity index (χ1) is 21.6. The molecule has 0 spiro atoms. The number of thiophene rings is 1. The molecule has 1 aliphatic carbocycles. The monoisotopic (exact) mass is 578 g/mol. The first kappa shape index (κ1) is 25.5. The molecule has 44 heavy (non-hydrogen) atoms. The van der Waals surface area contributed by atoms with Crippen LogP contribution < -0.4 is 0 Å². The first-order valence-corrected chi connectivity index (χ1v) is 16.2. The Balaban J connectivity index is 1.46. The zero-order valence-corrected chi connectivity index (χ0v) is 25.6. The molecule has 1 aliphatic rings. The zero-order chi connectivity index (χ0) is 29.4. The number of benzene rings is 7.